The lowest BCUT2D eigenvalue weighted by atomic mass is 10.1. The number of carbonyl (C=O) groups is 1. The molecular weight excluding hydrogens is 224 g/mol. The molecule has 0 radical (unpaired) electrons. The Morgan fingerprint density at radius 1 is 1.28 bits per heavy atom. The molecule has 0 unspecified atom stereocenters. The van der Waals surface area contributed by atoms with Gasteiger partial charge in [-0.25, -0.2) is 0 Å². The Kier molecular flexibility index (Phi) is 5.35. The number of benzene rings is 1. The van der Waals surface area contributed by atoms with Gasteiger partial charge >= 0.3 is 0 Å². The zero-order chi connectivity index (χ0) is 13.7. The molecule has 0 saturated carbocycles. The number of carbonyl (C=O) groups excluding carboxylic acids is 1. The molecule has 1 rings (SSSR count). The molecule has 0 atom stereocenters. The number of amides is 1. The third-order valence-electron chi connectivity index (χ3n) is 2.86. The van der Waals surface area contributed by atoms with Crippen LogP contribution in [0.3, 0.4) is 0 Å². The second kappa shape index (κ2) is 6.55. The number of hydrogen-bond donors (Lipinski definition) is 1. The minimum absolute atomic E-state index is 0.0917. The van der Waals surface area contributed by atoms with Gasteiger partial charge in [-0.2, -0.15) is 0 Å². The Morgan fingerprint density at radius 3 is 2.44 bits per heavy atom. The lowest BCUT2D eigenvalue weighted by Crippen LogP contribution is -2.39. The van der Waals surface area contributed by atoms with Crippen molar-refractivity contribution in [2.45, 2.75) is 40.3 Å². The fraction of sp³-hybridized carbons (Fsp3) is 0.533. The van der Waals surface area contributed by atoms with E-state index in [0.717, 1.165) is 17.7 Å². The summed E-state index contributed by atoms with van der Waals surface area (Å²) >= 11 is 0. The molecule has 100 valence electrons. The van der Waals surface area contributed by atoms with Crippen molar-refractivity contribution < 1.29 is 4.79 Å². The van der Waals surface area contributed by atoms with Gasteiger partial charge in [0.1, 0.15) is 0 Å². The van der Waals surface area contributed by atoms with E-state index in [1.807, 2.05) is 43.0 Å². The molecule has 0 fully saturated rings. The molecule has 1 aromatic rings. The topological polar surface area (TPSA) is 46.3 Å². The van der Waals surface area contributed by atoms with Gasteiger partial charge in [0.25, 0.3) is 5.91 Å². The van der Waals surface area contributed by atoms with Crippen molar-refractivity contribution in [2.24, 2.45) is 11.7 Å². The van der Waals surface area contributed by atoms with E-state index in [4.69, 9.17) is 5.73 Å². The Balaban J connectivity index is 2.94. The number of hydrogen-bond acceptors (Lipinski definition) is 2. The zero-order valence-corrected chi connectivity index (χ0v) is 11.8. The predicted octanol–water partition coefficient (Wildman–Crippen LogP) is 2.65. The average Bonchev–Trinajstić information content (AvgIpc) is 2.34. The number of nitrogens with two attached hydrogens (primary N) is 1. The summed E-state index contributed by atoms with van der Waals surface area (Å²) in [5, 5.41) is 0. The first-order valence-corrected chi connectivity index (χ1v) is 6.55. The highest BCUT2D eigenvalue weighted by Gasteiger charge is 2.19. The van der Waals surface area contributed by atoms with Gasteiger partial charge in [-0.05, 0) is 37.5 Å². The monoisotopic (exact) mass is 248 g/mol. The van der Waals surface area contributed by atoms with Gasteiger partial charge in [0, 0.05) is 24.7 Å². The predicted molar refractivity (Wildman–Crippen MR) is 75.3 cm³/mol. The van der Waals surface area contributed by atoms with Gasteiger partial charge in [0.2, 0.25) is 0 Å². The van der Waals surface area contributed by atoms with Crippen molar-refractivity contribution in [3.63, 3.8) is 0 Å². The molecule has 0 aliphatic carbocycles. The highest BCUT2D eigenvalue weighted by molar-refractivity contribution is 5.94. The smallest absolute Gasteiger partial charge is 0.254 e. The molecule has 0 aliphatic heterocycles. The van der Waals surface area contributed by atoms with Crippen LogP contribution in [0, 0.1) is 5.92 Å². The standard InChI is InChI=1S/C15H24N2O/c1-11(2)10-17(12(3)4)15(18)14-7-5-6-13(8-14)9-16/h5-8,11-12H,9-10,16H2,1-4H3. The minimum Gasteiger partial charge on any atom is -0.336 e. The maximum Gasteiger partial charge on any atom is 0.254 e. The maximum atomic E-state index is 12.5. The van der Waals surface area contributed by atoms with Crippen LogP contribution >= 0.6 is 0 Å². The van der Waals surface area contributed by atoms with Crippen LogP contribution < -0.4 is 5.73 Å². The number of nitrogens with zero attached hydrogens (tertiary/aromatic N) is 1. The lowest BCUT2D eigenvalue weighted by Gasteiger charge is -2.28. The van der Waals surface area contributed by atoms with Crippen molar-refractivity contribution >= 4 is 5.91 Å². The van der Waals surface area contributed by atoms with E-state index >= 15 is 0 Å². The highest BCUT2D eigenvalue weighted by atomic mass is 16.2. The average molecular weight is 248 g/mol. The first kappa shape index (κ1) is 14.7. The van der Waals surface area contributed by atoms with Crippen molar-refractivity contribution in [1.29, 1.82) is 0 Å². The van der Waals surface area contributed by atoms with Crippen molar-refractivity contribution in [1.82, 2.24) is 4.90 Å². The Hall–Kier alpha value is -1.35. The Labute approximate surface area is 110 Å². The van der Waals surface area contributed by atoms with Crippen LogP contribution in [0.25, 0.3) is 0 Å². The molecule has 0 bridgehead atoms. The molecular formula is C15H24N2O. The summed E-state index contributed by atoms with van der Waals surface area (Å²) in [4.78, 5) is 14.4. The van der Waals surface area contributed by atoms with E-state index in [-0.39, 0.29) is 11.9 Å². The number of rotatable bonds is 5. The van der Waals surface area contributed by atoms with E-state index in [2.05, 4.69) is 13.8 Å². The molecule has 3 heteroatoms. The van der Waals surface area contributed by atoms with Gasteiger partial charge < -0.3 is 10.6 Å². The summed E-state index contributed by atoms with van der Waals surface area (Å²) < 4.78 is 0. The van der Waals surface area contributed by atoms with Gasteiger partial charge in [-0.3, -0.25) is 4.79 Å². The molecule has 0 aromatic heterocycles. The lowest BCUT2D eigenvalue weighted by molar-refractivity contribution is 0.0682. The summed E-state index contributed by atoms with van der Waals surface area (Å²) in [6, 6.07) is 7.79. The van der Waals surface area contributed by atoms with Crippen LogP contribution in [-0.2, 0) is 6.54 Å². The van der Waals surface area contributed by atoms with Gasteiger partial charge in [0.15, 0.2) is 0 Å². The zero-order valence-electron chi connectivity index (χ0n) is 11.8. The van der Waals surface area contributed by atoms with E-state index < -0.39 is 0 Å². The molecule has 1 aromatic carbocycles. The molecule has 1 amide bonds. The first-order valence-electron chi connectivity index (χ1n) is 6.55. The van der Waals surface area contributed by atoms with E-state index in [1.54, 1.807) is 0 Å². The maximum absolute atomic E-state index is 12.5. The normalized spacial score (nSPS) is 11.1. The molecule has 0 spiro atoms. The molecule has 18 heavy (non-hydrogen) atoms. The Morgan fingerprint density at radius 2 is 1.94 bits per heavy atom. The van der Waals surface area contributed by atoms with Crippen LogP contribution in [0.5, 0.6) is 0 Å². The summed E-state index contributed by atoms with van der Waals surface area (Å²) in [6.45, 7) is 9.59. The van der Waals surface area contributed by atoms with Gasteiger partial charge in [0.05, 0.1) is 0 Å². The van der Waals surface area contributed by atoms with Gasteiger partial charge in [-0.1, -0.05) is 26.0 Å². The Bertz CT molecular complexity index is 399. The first-order chi connectivity index (χ1) is 8.45. The van der Waals surface area contributed by atoms with E-state index in [1.165, 1.54) is 0 Å². The molecule has 0 saturated heterocycles. The van der Waals surface area contributed by atoms with Crippen LogP contribution in [0.15, 0.2) is 24.3 Å². The van der Waals surface area contributed by atoms with Crippen LogP contribution in [0.4, 0.5) is 0 Å². The molecule has 0 aliphatic rings. The fourth-order valence-electron chi connectivity index (χ4n) is 1.92. The molecule has 2 N–H and O–H groups in total. The molecule has 0 heterocycles. The van der Waals surface area contributed by atoms with E-state index in [9.17, 15) is 4.79 Å². The fourth-order valence-corrected chi connectivity index (χ4v) is 1.92. The third-order valence-corrected chi connectivity index (χ3v) is 2.86. The van der Waals surface area contributed by atoms with Crippen molar-refractivity contribution in [3.05, 3.63) is 35.4 Å². The third kappa shape index (κ3) is 3.84. The summed E-state index contributed by atoms with van der Waals surface area (Å²) in [6.07, 6.45) is 0. The second-order valence-electron chi connectivity index (χ2n) is 5.35. The highest BCUT2D eigenvalue weighted by Crippen LogP contribution is 2.12. The summed E-state index contributed by atoms with van der Waals surface area (Å²) in [5.41, 5.74) is 7.33. The molecule has 3 nitrogen and oxygen atoms in total. The van der Waals surface area contributed by atoms with Gasteiger partial charge in [-0.15, -0.1) is 0 Å². The summed E-state index contributed by atoms with van der Waals surface area (Å²) in [5.74, 6) is 0.558. The second-order valence-corrected chi connectivity index (χ2v) is 5.35. The largest absolute Gasteiger partial charge is 0.336 e. The van der Waals surface area contributed by atoms with Crippen LogP contribution in [0.1, 0.15) is 43.6 Å². The van der Waals surface area contributed by atoms with E-state index in [0.29, 0.717) is 12.5 Å². The van der Waals surface area contributed by atoms with Crippen molar-refractivity contribution in [3.8, 4) is 0 Å². The quantitative estimate of drug-likeness (QED) is 0.870. The summed E-state index contributed by atoms with van der Waals surface area (Å²) in [7, 11) is 0. The van der Waals surface area contributed by atoms with Crippen LogP contribution in [0.2, 0.25) is 0 Å². The van der Waals surface area contributed by atoms with Crippen molar-refractivity contribution in [2.75, 3.05) is 6.54 Å². The SMILES string of the molecule is CC(C)CN(C(=O)c1cccc(CN)c1)C(C)C. The minimum atomic E-state index is 0.0917. The van der Waals surface area contributed by atoms with Crippen LogP contribution in [-0.4, -0.2) is 23.4 Å².